The number of nitrogen functional groups attached to an aromatic ring is 1. The average Bonchev–Trinajstić information content (AvgIpc) is 3.21. The van der Waals surface area contributed by atoms with E-state index < -0.39 is 0 Å². The van der Waals surface area contributed by atoms with Crippen LogP contribution < -0.4 is 16.0 Å². The first-order valence-electron chi connectivity index (χ1n) is 7.74. The number of hydrogen-bond donors (Lipinski definition) is 2. The smallest absolute Gasteiger partial charge is 0.146 e. The van der Waals surface area contributed by atoms with Gasteiger partial charge in [-0.3, -0.25) is 0 Å². The minimum absolute atomic E-state index is 0.205. The summed E-state index contributed by atoms with van der Waals surface area (Å²) in [7, 11) is 0. The van der Waals surface area contributed by atoms with Crippen LogP contribution in [0.25, 0.3) is 0 Å². The third-order valence-electron chi connectivity index (χ3n) is 4.18. The second-order valence-corrected chi connectivity index (χ2v) is 5.91. The van der Waals surface area contributed by atoms with E-state index in [0.29, 0.717) is 11.9 Å². The van der Waals surface area contributed by atoms with Crippen molar-refractivity contribution in [3.05, 3.63) is 30.2 Å². The molecule has 2 aromatic heterocycles. The molecule has 0 spiro atoms. The van der Waals surface area contributed by atoms with E-state index in [2.05, 4.69) is 30.4 Å². The summed E-state index contributed by atoms with van der Waals surface area (Å²) in [5, 5.41) is 11.6. The minimum atomic E-state index is 0.205. The topological polar surface area (TPSA) is 92.8 Å². The molecule has 1 aliphatic carbocycles. The van der Waals surface area contributed by atoms with Crippen molar-refractivity contribution in [2.75, 3.05) is 22.5 Å². The lowest BCUT2D eigenvalue weighted by molar-refractivity contribution is 0.673. The number of rotatable bonds is 4. The van der Waals surface area contributed by atoms with Crippen molar-refractivity contribution in [2.24, 2.45) is 0 Å². The van der Waals surface area contributed by atoms with E-state index in [0.717, 1.165) is 36.7 Å². The largest absolute Gasteiger partial charge is 0.382 e. The van der Waals surface area contributed by atoms with Crippen LogP contribution in [0.2, 0.25) is 0 Å². The highest BCUT2D eigenvalue weighted by molar-refractivity contribution is 5.51. The van der Waals surface area contributed by atoms with Crippen molar-refractivity contribution in [3.8, 4) is 0 Å². The zero-order valence-corrected chi connectivity index (χ0v) is 12.3. The van der Waals surface area contributed by atoms with Gasteiger partial charge in [0.25, 0.3) is 0 Å². The lowest BCUT2D eigenvalue weighted by Gasteiger charge is -2.25. The molecule has 1 aliphatic heterocycles. The molecule has 2 aromatic rings. The first-order chi connectivity index (χ1) is 10.8. The van der Waals surface area contributed by atoms with Crippen molar-refractivity contribution < 1.29 is 0 Å². The van der Waals surface area contributed by atoms with Gasteiger partial charge in [0.05, 0.1) is 11.7 Å². The van der Waals surface area contributed by atoms with E-state index in [1.165, 1.54) is 12.8 Å². The zero-order chi connectivity index (χ0) is 14.9. The molecule has 1 unspecified atom stereocenters. The molecule has 3 N–H and O–H groups in total. The molecule has 114 valence electrons. The van der Waals surface area contributed by atoms with Crippen LogP contribution in [0.1, 0.15) is 37.4 Å². The molecule has 0 amide bonds. The highest BCUT2D eigenvalue weighted by Crippen LogP contribution is 2.35. The van der Waals surface area contributed by atoms with Gasteiger partial charge in [-0.25, -0.2) is 9.97 Å². The molecule has 3 heterocycles. The summed E-state index contributed by atoms with van der Waals surface area (Å²) < 4.78 is 0. The molecule has 1 saturated carbocycles. The quantitative estimate of drug-likeness (QED) is 0.888. The number of anilines is 3. The number of nitrogens with two attached hydrogens (primary N) is 1. The normalized spacial score (nSPS) is 21.1. The fourth-order valence-electron chi connectivity index (χ4n) is 2.90. The fraction of sp³-hybridized carbons (Fsp3) is 0.467. The maximum Gasteiger partial charge on any atom is 0.146 e. The second kappa shape index (κ2) is 5.40. The summed E-state index contributed by atoms with van der Waals surface area (Å²) >= 11 is 0. The standard InChI is InChI=1S/C15H19N7/c16-13-6-5-11(20-21-13)12-2-1-7-22(12)15-8-14(17-9-18-15)19-10-3-4-10/h5-6,8-10,12H,1-4,7H2,(H2,16,21)(H,17,18,19). The Morgan fingerprint density at radius 2 is 2.05 bits per heavy atom. The Morgan fingerprint density at radius 3 is 2.82 bits per heavy atom. The van der Waals surface area contributed by atoms with Gasteiger partial charge < -0.3 is 16.0 Å². The van der Waals surface area contributed by atoms with Gasteiger partial charge in [-0.05, 0) is 37.8 Å². The van der Waals surface area contributed by atoms with Gasteiger partial charge in [0.15, 0.2) is 0 Å². The first-order valence-corrected chi connectivity index (χ1v) is 7.74. The van der Waals surface area contributed by atoms with Crippen LogP contribution in [0.4, 0.5) is 17.5 Å². The van der Waals surface area contributed by atoms with Crippen LogP contribution in [-0.4, -0.2) is 32.8 Å². The Balaban J connectivity index is 1.58. The molecule has 22 heavy (non-hydrogen) atoms. The molecule has 0 bridgehead atoms. The van der Waals surface area contributed by atoms with Crippen LogP contribution in [0.3, 0.4) is 0 Å². The SMILES string of the molecule is Nc1ccc(C2CCCN2c2cc(NC3CC3)ncn2)nn1. The average molecular weight is 297 g/mol. The van der Waals surface area contributed by atoms with E-state index in [1.54, 1.807) is 12.4 Å². The number of nitrogens with zero attached hydrogens (tertiary/aromatic N) is 5. The Hall–Kier alpha value is -2.44. The van der Waals surface area contributed by atoms with Crippen LogP contribution >= 0.6 is 0 Å². The first kappa shape index (κ1) is 13.2. The summed E-state index contributed by atoms with van der Waals surface area (Å²) in [6.45, 7) is 0.969. The van der Waals surface area contributed by atoms with E-state index >= 15 is 0 Å². The lowest BCUT2D eigenvalue weighted by Crippen LogP contribution is -2.24. The van der Waals surface area contributed by atoms with Gasteiger partial charge in [0.2, 0.25) is 0 Å². The molecule has 4 rings (SSSR count). The van der Waals surface area contributed by atoms with Crippen molar-refractivity contribution in [2.45, 2.75) is 37.8 Å². The van der Waals surface area contributed by atoms with Crippen LogP contribution in [-0.2, 0) is 0 Å². The van der Waals surface area contributed by atoms with E-state index in [9.17, 15) is 0 Å². The molecule has 0 aromatic carbocycles. The maximum atomic E-state index is 5.63. The fourth-order valence-corrected chi connectivity index (χ4v) is 2.90. The second-order valence-electron chi connectivity index (χ2n) is 5.91. The third kappa shape index (κ3) is 2.66. The van der Waals surface area contributed by atoms with E-state index in [1.807, 2.05) is 12.1 Å². The Kier molecular flexibility index (Phi) is 3.25. The Labute approximate surface area is 129 Å². The van der Waals surface area contributed by atoms with Crippen LogP contribution in [0.5, 0.6) is 0 Å². The van der Waals surface area contributed by atoms with Gasteiger partial charge in [0.1, 0.15) is 23.8 Å². The zero-order valence-electron chi connectivity index (χ0n) is 12.3. The summed E-state index contributed by atoms with van der Waals surface area (Å²) in [5.74, 6) is 2.30. The van der Waals surface area contributed by atoms with E-state index in [-0.39, 0.29) is 6.04 Å². The predicted molar refractivity (Wildman–Crippen MR) is 84.4 cm³/mol. The van der Waals surface area contributed by atoms with Gasteiger partial charge in [-0.1, -0.05) is 0 Å². The lowest BCUT2D eigenvalue weighted by atomic mass is 10.1. The predicted octanol–water partition coefficient (Wildman–Crippen LogP) is 1.76. The minimum Gasteiger partial charge on any atom is -0.382 e. The summed E-state index contributed by atoms with van der Waals surface area (Å²) in [6, 6.07) is 6.58. The van der Waals surface area contributed by atoms with Gasteiger partial charge in [-0.2, -0.15) is 5.10 Å². The summed E-state index contributed by atoms with van der Waals surface area (Å²) in [6.07, 6.45) is 6.25. The monoisotopic (exact) mass is 297 g/mol. The van der Waals surface area contributed by atoms with Crippen LogP contribution in [0.15, 0.2) is 24.5 Å². The third-order valence-corrected chi connectivity index (χ3v) is 4.18. The van der Waals surface area contributed by atoms with E-state index in [4.69, 9.17) is 5.73 Å². The van der Waals surface area contributed by atoms with Crippen molar-refractivity contribution in [3.63, 3.8) is 0 Å². The van der Waals surface area contributed by atoms with Gasteiger partial charge in [-0.15, -0.1) is 5.10 Å². The molecule has 2 aliphatic rings. The molecule has 2 fully saturated rings. The highest BCUT2D eigenvalue weighted by atomic mass is 15.3. The van der Waals surface area contributed by atoms with Crippen molar-refractivity contribution >= 4 is 17.5 Å². The van der Waals surface area contributed by atoms with Crippen molar-refractivity contribution in [1.82, 2.24) is 20.2 Å². The summed E-state index contributed by atoms with van der Waals surface area (Å²) in [5.41, 5.74) is 6.57. The number of aromatic nitrogens is 4. The Bertz CT molecular complexity index is 653. The Morgan fingerprint density at radius 1 is 1.14 bits per heavy atom. The maximum absolute atomic E-state index is 5.63. The molecular weight excluding hydrogens is 278 g/mol. The number of nitrogens with one attached hydrogen (secondary N) is 1. The van der Waals surface area contributed by atoms with Crippen molar-refractivity contribution in [1.29, 1.82) is 0 Å². The summed E-state index contributed by atoms with van der Waals surface area (Å²) in [4.78, 5) is 11.0. The number of hydrogen-bond acceptors (Lipinski definition) is 7. The molecule has 7 nitrogen and oxygen atoms in total. The molecule has 1 saturated heterocycles. The molecule has 7 heteroatoms. The van der Waals surface area contributed by atoms with Crippen LogP contribution in [0, 0.1) is 0 Å². The molecular formula is C15H19N7. The molecule has 1 atom stereocenters. The van der Waals surface area contributed by atoms with Gasteiger partial charge >= 0.3 is 0 Å². The molecule has 0 radical (unpaired) electrons. The highest BCUT2D eigenvalue weighted by Gasteiger charge is 2.29. The van der Waals surface area contributed by atoms with Gasteiger partial charge in [0, 0.05) is 18.7 Å².